The van der Waals surface area contributed by atoms with Crippen molar-refractivity contribution in [3.63, 3.8) is 0 Å². The van der Waals surface area contributed by atoms with E-state index in [1.54, 1.807) is 0 Å². The number of aryl methyl sites for hydroxylation is 1. The van der Waals surface area contributed by atoms with Crippen molar-refractivity contribution in [1.29, 1.82) is 0 Å². The highest BCUT2D eigenvalue weighted by molar-refractivity contribution is 5.80. The van der Waals surface area contributed by atoms with Crippen molar-refractivity contribution >= 4 is 5.96 Å². The Kier molecular flexibility index (Phi) is 4.95. The lowest BCUT2D eigenvalue weighted by atomic mass is 10.0. The summed E-state index contributed by atoms with van der Waals surface area (Å²) in [5.74, 6) is 1.02. The molecule has 0 spiro atoms. The minimum absolute atomic E-state index is 0.784. The fourth-order valence-electron chi connectivity index (χ4n) is 2.99. The Morgan fingerprint density at radius 2 is 2.13 bits per heavy atom. The number of nitrogens with zero attached hydrogens (tertiary/aromatic N) is 4. The van der Waals surface area contributed by atoms with Crippen molar-refractivity contribution in [1.82, 2.24) is 20.0 Å². The molecule has 0 saturated carbocycles. The van der Waals surface area contributed by atoms with E-state index in [2.05, 4.69) is 52.7 Å². The van der Waals surface area contributed by atoms with E-state index in [1.165, 1.54) is 16.7 Å². The Hall–Kier alpha value is -2.30. The first-order valence-corrected chi connectivity index (χ1v) is 8.34. The lowest BCUT2D eigenvalue weighted by Gasteiger charge is -2.31. The number of guanidine groups is 1. The van der Waals surface area contributed by atoms with Gasteiger partial charge in [-0.3, -0.25) is 9.67 Å². The molecule has 0 fully saturated rings. The molecule has 0 bridgehead atoms. The van der Waals surface area contributed by atoms with E-state index in [0.717, 1.165) is 45.0 Å². The highest BCUT2D eigenvalue weighted by Crippen LogP contribution is 2.18. The molecule has 23 heavy (non-hydrogen) atoms. The van der Waals surface area contributed by atoms with Crippen LogP contribution in [0, 0.1) is 0 Å². The average molecular weight is 311 g/mol. The van der Waals surface area contributed by atoms with Crippen LogP contribution in [-0.2, 0) is 26.4 Å². The predicted molar refractivity (Wildman–Crippen MR) is 93.4 cm³/mol. The zero-order chi connectivity index (χ0) is 16.1. The minimum atomic E-state index is 0.784. The number of hydrogen-bond acceptors (Lipinski definition) is 2. The fourth-order valence-corrected chi connectivity index (χ4v) is 2.99. The SMILES string of the molecule is CCNC(=NCCc1cnn(C)c1)N1CCc2ccccc2C1. The number of hydrogen-bond donors (Lipinski definition) is 1. The number of rotatable bonds is 4. The third kappa shape index (κ3) is 3.92. The van der Waals surface area contributed by atoms with Crippen LogP contribution in [0.1, 0.15) is 23.6 Å². The maximum absolute atomic E-state index is 4.81. The number of aliphatic imine (C=N–C) groups is 1. The number of fused-ring (bicyclic) bond motifs is 1. The summed E-state index contributed by atoms with van der Waals surface area (Å²) in [4.78, 5) is 7.17. The summed E-state index contributed by atoms with van der Waals surface area (Å²) in [7, 11) is 1.95. The highest BCUT2D eigenvalue weighted by atomic mass is 15.3. The Bertz CT molecular complexity index is 674. The minimum Gasteiger partial charge on any atom is -0.357 e. The van der Waals surface area contributed by atoms with Crippen molar-refractivity contribution < 1.29 is 0 Å². The van der Waals surface area contributed by atoms with Crippen LogP contribution in [0.15, 0.2) is 41.7 Å². The van der Waals surface area contributed by atoms with E-state index in [-0.39, 0.29) is 0 Å². The van der Waals surface area contributed by atoms with Crippen LogP contribution in [0.2, 0.25) is 0 Å². The molecule has 0 saturated heterocycles. The van der Waals surface area contributed by atoms with Gasteiger partial charge in [0.25, 0.3) is 0 Å². The van der Waals surface area contributed by atoms with Crippen LogP contribution in [0.25, 0.3) is 0 Å². The largest absolute Gasteiger partial charge is 0.357 e. The fraction of sp³-hybridized carbons (Fsp3) is 0.444. The molecule has 5 heteroatoms. The molecule has 0 atom stereocenters. The molecule has 3 rings (SSSR count). The number of benzene rings is 1. The molecule has 0 radical (unpaired) electrons. The van der Waals surface area contributed by atoms with Gasteiger partial charge in [-0.05, 0) is 36.5 Å². The van der Waals surface area contributed by atoms with Crippen LogP contribution in [-0.4, -0.2) is 40.3 Å². The molecule has 1 N–H and O–H groups in total. The lowest BCUT2D eigenvalue weighted by molar-refractivity contribution is 0.379. The van der Waals surface area contributed by atoms with E-state index in [0.29, 0.717) is 0 Å². The van der Waals surface area contributed by atoms with E-state index < -0.39 is 0 Å². The second kappa shape index (κ2) is 7.31. The van der Waals surface area contributed by atoms with Crippen LogP contribution in [0.5, 0.6) is 0 Å². The molecule has 1 aliphatic rings. The summed E-state index contributed by atoms with van der Waals surface area (Å²) in [6.07, 6.45) is 5.98. The molecule has 0 unspecified atom stereocenters. The first-order valence-electron chi connectivity index (χ1n) is 8.34. The van der Waals surface area contributed by atoms with Crippen molar-refractivity contribution in [3.8, 4) is 0 Å². The molecule has 5 nitrogen and oxygen atoms in total. The van der Waals surface area contributed by atoms with Gasteiger partial charge in [-0.2, -0.15) is 5.10 Å². The molecule has 0 amide bonds. The van der Waals surface area contributed by atoms with Gasteiger partial charge in [0.05, 0.1) is 6.20 Å². The smallest absolute Gasteiger partial charge is 0.194 e. The molecule has 2 heterocycles. The molecule has 2 aromatic rings. The molecule has 1 aromatic carbocycles. The zero-order valence-corrected chi connectivity index (χ0v) is 14.0. The Balaban J connectivity index is 1.65. The number of aromatic nitrogens is 2. The third-order valence-electron chi connectivity index (χ3n) is 4.19. The Labute approximate surface area is 138 Å². The lowest BCUT2D eigenvalue weighted by Crippen LogP contribution is -2.44. The van der Waals surface area contributed by atoms with Gasteiger partial charge < -0.3 is 10.2 Å². The standard InChI is InChI=1S/C18H25N5/c1-3-19-18(20-10-8-15-12-21-22(2)13-15)23-11-9-16-6-4-5-7-17(16)14-23/h4-7,12-13H,3,8-11,14H2,1-2H3,(H,19,20). The molecular formula is C18H25N5. The maximum Gasteiger partial charge on any atom is 0.194 e. The zero-order valence-electron chi connectivity index (χ0n) is 14.0. The maximum atomic E-state index is 4.81. The first kappa shape index (κ1) is 15.6. The summed E-state index contributed by atoms with van der Waals surface area (Å²) in [5.41, 5.74) is 4.11. The van der Waals surface area contributed by atoms with Crippen molar-refractivity contribution in [2.24, 2.45) is 12.0 Å². The van der Waals surface area contributed by atoms with Crippen molar-refractivity contribution in [2.75, 3.05) is 19.6 Å². The normalized spacial score (nSPS) is 14.7. The quantitative estimate of drug-likeness (QED) is 0.694. The summed E-state index contributed by atoms with van der Waals surface area (Å²) >= 11 is 0. The van der Waals surface area contributed by atoms with Crippen molar-refractivity contribution in [2.45, 2.75) is 26.3 Å². The van der Waals surface area contributed by atoms with Crippen LogP contribution in [0.4, 0.5) is 0 Å². The van der Waals surface area contributed by atoms with Gasteiger partial charge in [0.1, 0.15) is 0 Å². The average Bonchev–Trinajstić information content (AvgIpc) is 2.99. The number of nitrogens with one attached hydrogen (secondary N) is 1. The van der Waals surface area contributed by atoms with Gasteiger partial charge in [0, 0.05) is 39.4 Å². The summed E-state index contributed by atoms with van der Waals surface area (Å²) in [6, 6.07) is 8.70. The summed E-state index contributed by atoms with van der Waals surface area (Å²) < 4.78 is 1.84. The van der Waals surface area contributed by atoms with E-state index in [4.69, 9.17) is 4.99 Å². The second-order valence-electron chi connectivity index (χ2n) is 5.95. The topological polar surface area (TPSA) is 45.5 Å². The molecule has 0 aliphatic carbocycles. The van der Waals surface area contributed by atoms with E-state index in [9.17, 15) is 0 Å². The van der Waals surface area contributed by atoms with Crippen molar-refractivity contribution in [3.05, 3.63) is 53.3 Å². The summed E-state index contributed by atoms with van der Waals surface area (Å²) in [6.45, 7) is 5.76. The first-order chi connectivity index (χ1) is 11.3. The van der Waals surface area contributed by atoms with Gasteiger partial charge in [-0.25, -0.2) is 0 Å². The predicted octanol–water partition coefficient (Wildman–Crippen LogP) is 1.99. The van der Waals surface area contributed by atoms with Gasteiger partial charge in [0.2, 0.25) is 0 Å². The Morgan fingerprint density at radius 3 is 2.87 bits per heavy atom. The van der Waals surface area contributed by atoms with Crippen LogP contribution >= 0.6 is 0 Å². The summed E-state index contributed by atoms with van der Waals surface area (Å²) in [5, 5.41) is 7.64. The third-order valence-corrected chi connectivity index (χ3v) is 4.19. The Morgan fingerprint density at radius 1 is 1.30 bits per heavy atom. The van der Waals surface area contributed by atoms with Gasteiger partial charge in [-0.1, -0.05) is 24.3 Å². The molecule has 1 aliphatic heterocycles. The van der Waals surface area contributed by atoms with Crippen LogP contribution in [0.3, 0.4) is 0 Å². The molecule has 1 aromatic heterocycles. The van der Waals surface area contributed by atoms with E-state index >= 15 is 0 Å². The van der Waals surface area contributed by atoms with Gasteiger partial charge in [0.15, 0.2) is 5.96 Å². The monoisotopic (exact) mass is 311 g/mol. The van der Waals surface area contributed by atoms with Gasteiger partial charge in [-0.15, -0.1) is 0 Å². The second-order valence-corrected chi connectivity index (χ2v) is 5.95. The molecular weight excluding hydrogens is 286 g/mol. The molecule has 122 valence electrons. The van der Waals surface area contributed by atoms with E-state index in [1.807, 2.05) is 17.9 Å². The highest BCUT2D eigenvalue weighted by Gasteiger charge is 2.18. The van der Waals surface area contributed by atoms with Crippen LogP contribution < -0.4 is 5.32 Å². The van der Waals surface area contributed by atoms with Gasteiger partial charge >= 0.3 is 0 Å².